The highest BCUT2D eigenvalue weighted by Gasteiger charge is 2.17. The molecule has 1 aromatic heterocycles. The van der Waals surface area contributed by atoms with E-state index in [9.17, 15) is 10.1 Å². The van der Waals surface area contributed by atoms with Crippen LogP contribution in [-0.2, 0) is 33.8 Å². The van der Waals surface area contributed by atoms with Crippen LogP contribution in [0.25, 0.3) is 22.1 Å². The predicted octanol–water partition coefficient (Wildman–Crippen LogP) is 5.27. The number of nitriles is 1. The molecule has 0 aliphatic carbocycles. The molecular formula is C29H27FN2O5. The summed E-state index contributed by atoms with van der Waals surface area (Å²) >= 11 is 0. The van der Waals surface area contributed by atoms with Gasteiger partial charge in [0, 0.05) is 41.3 Å². The summed E-state index contributed by atoms with van der Waals surface area (Å²) in [5.41, 5.74) is 9.35. The maximum absolute atomic E-state index is 15.1. The van der Waals surface area contributed by atoms with Crippen molar-refractivity contribution in [2.45, 2.75) is 32.6 Å². The Hall–Kier alpha value is -4.19. The Morgan fingerprint density at radius 3 is 2.73 bits per heavy atom. The number of nitrogens with two attached hydrogens (primary N) is 1. The van der Waals surface area contributed by atoms with Gasteiger partial charge < -0.3 is 24.4 Å². The predicted molar refractivity (Wildman–Crippen MR) is 136 cm³/mol. The van der Waals surface area contributed by atoms with Crippen molar-refractivity contribution < 1.29 is 27.8 Å². The minimum atomic E-state index is -0.434. The minimum Gasteiger partial charge on any atom is -0.489 e. The topological polar surface area (TPSA) is 108 Å². The maximum Gasteiger partial charge on any atom is 0.310 e. The standard InChI is InChI=1S/C29H27FN2O5/c1-18(16-34-2)37-27(33)13-21-7-6-19(14-31)12-26(21)36-17-20-10-22-8-9-35-29(22)25(11-20)24-5-3-4-23(15-32)28(24)30/h3-12,18H,13,15-17,32H2,1-2H3. The van der Waals surface area contributed by atoms with E-state index in [-0.39, 0.29) is 26.2 Å². The molecule has 4 rings (SSSR count). The fourth-order valence-electron chi connectivity index (χ4n) is 4.13. The van der Waals surface area contributed by atoms with Gasteiger partial charge in [0.2, 0.25) is 0 Å². The third-order valence-corrected chi connectivity index (χ3v) is 5.86. The van der Waals surface area contributed by atoms with Gasteiger partial charge in [-0.05, 0) is 42.8 Å². The van der Waals surface area contributed by atoms with Crippen molar-refractivity contribution in [1.29, 1.82) is 5.26 Å². The molecule has 3 aromatic carbocycles. The van der Waals surface area contributed by atoms with Gasteiger partial charge in [0.05, 0.1) is 30.9 Å². The lowest BCUT2D eigenvalue weighted by Crippen LogP contribution is -2.21. The third-order valence-electron chi connectivity index (χ3n) is 5.86. The van der Waals surface area contributed by atoms with Crippen LogP contribution < -0.4 is 10.5 Å². The number of halogens is 1. The molecule has 8 heteroatoms. The monoisotopic (exact) mass is 502 g/mol. The van der Waals surface area contributed by atoms with Crippen LogP contribution in [0.4, 0.5) is 4.39 Å². The van der Waals surface area contributed by atoms with Crippen LogP contribution in [0.5, 0.6) is 5.75 Å². The summed E-state index contributed by atoms with van der Waals surface area (Å²) in [6.07, 6.45) is 1.13. The van der Waals surface area contributed by atoms with E-state index in [2.05, 4.69) is 6.07 Å². The number of benzene rings is 3. The van der Waals surface area contributed by atoms with Crippen LogP contribution in [0.1, 0.15) is 29.2 Å². The van der Waals surface area contributed by atoms with Gasteiger partial charge in [0.25, 0.3) is 0 Å². The summed E-state index contributed by atoms with van der Waals surface area (Å²) in [6, 6.07) is 17.5. The van der Waals surface area contributed by atoms with Gasteiger partial charge in [-0.3, -0.25) is 4.79 Å². The lowest BCUT2D eigenvalue weighted by atomic mass is 9.98. The van der Waals surface area contributed by atoms with E-state index in [0.29, 0.717) is 39.1 Å². The van der Waals surface area contributed by atoms with Crippen LogP contribution in [0.3, 0.4) is 0 Å². The summed E-state index contributed by atoms with van der Waals surface area (Å²) in [6.45, 7) is 2.22. The Labute approximate surface area is 214 Å². The van der Waals surface area contributed by atoms with E-state index in [1.807, 2.05) is 6.07 Å². The number of rotatable bonds is 10. The summed E-state index contributed by atoms with van der Waals surface area (Å²) in [5, 5.41) is 10.1. The van der Waals surface area contributed by atoms with Gasteiger partial charge in [0.1, 0.15) is 29.9 Å². The number of furan rings is 1. The number of hydrogen-bond donors (Lipinski definition) is 1. The van der Waals surface area contributed by atoms with E-state index in [1.54, 1.807) is 61.7 Å². The summed E-state index contributed by atoms with van der Waals surface area (Å²) in [4.78, 5) is 12.4. The molecule has 190 valence electrons. The van der Waals surface area contributed by atoms with Gasteiger partial charge in [0.15, 0.2) is 0 Å². The zero-order valence-electron chi connectivity index (χ0n) is 20.6. The van der Waals surface area contributed by atoms with Gasteiger partial charge in [-0.1, -0.05) is 24.3 Å². The van der Waals surface area contributed by atoms with Crippen molar-refractivity contribution >= 4 is 16.9 Å². The van der Waals surface area contributed by atoms with Crippen molar-refractivity contribution in [3.63, 3.8) is 0 Å². The minimum absolute atomic E-state index is 0.0296. The summed E-state index contributed by atoms with van der Waals surface area (Å²) < 4.78 is 37.2. The zero-order valence-corrected chi connectivity index (χ0v) is 20.6. The molecule has 2 N–H and O–H groups in total. The number of carbonyl (C=O) groups excluding carboxylic acids is 1. The van der Waals surface area contributed by atoms with Crippen LogP contribution in [0, 0.1) is 17.1 Å². The first kappa shape index (κ1) is 25.9. The smallest absolute Gasteiger partial charge is 0.310 e. The quantitative estimate of drug-likeness (QED) is 0.294. The van der Waals surface area contributed by atoms with E-state index in [1.165, 1.54) is 7.11 Å². The first-order valence-electron chi connectivity index (χ1n) is 11.8. The average Bonchev–Trinajstić information content (AvgIpc) is 3.36. The Morgan fingerprint density at radius 2 is 1.97 bits per heavy atom. The highest BCUT2D eigenvalue weighted by atomic mass is 19.1. The molecule has 0 saturated carbocycles. The van der Waals surface area contributed by atoms with E-state index >= 15 is 4.39 Å². The Morgan fingerprint density at radius 1 is 1.14 bits per heavy atom. The molecule has 0 fully saturated rings. The molecule has 0 spiro atoms. The third kappa shape index (κ3) is 5.97. The highest BCUT2D eigenvalue weighted by Crippen LogP contribution is 2.34. The van der Waals surface area contributed by atoms with Crippen LogP contribution >= 0.6 is 0 Å². The van der Waals surface area contributed by atoms with Crippen LogP contribution in [-0.4, -0.2) is 25.8 Å². The number of ether oxygens (including phenoxy) is 3. The fourth-order valence-corrected chi connectivity index (χ4v) is 4.13. The van der Waals surface area contributed by atoms with E-state index in [0.717, 1.165) is 10.9 Å². The molecule has 1 heterocycles. The lowest BCUT2D eigenvalue weighted by molar-refractivity contribution is -0.149. The Kier molecular flexibility index (Phi) is 8.18. The molecular weight excluding hydrogens is 475 g/mol. The lowest BCUT2D eigenvalue weighted by Gasteiger charge is -2.15. The number of methoxy groups -OCH3 is 1. The van der Waals surface area contributed by atoms with Crippen molar-refractivity contribution in [3.05, 3.63) is 88.9 Å². The molecule has 0 bridgehead atoms. The molecule has 0 aliphatic heterocycles. The number of fused-ring (bicyclic) bond motifs is 1. The Bertz CT molecular complexity index is 1460. The van der Waals surface area contributed by atoms with Crippen molar-refractivity contribution in [3.8, 4) is 22.9 Å². The summed E-state index contributed by atoms with van der Waals surface area (Å²) in [5.74, 6) is -0.442. The van der Waals surface area contributed by atoms with Crippen LogP contribution in [0.2, 0.25) is 0 Å². The molecule has 1 atom stereocenters. The average molecular weight is 503 g/mol. The zero-order chi connectivity index (χ0) is 26.4. The number of esters is 1. The highest BCUT2D eigenvalue weighted by molar-refractivity contribution is 5.93. The summed E-state index contributed by atoms with van der Waals surface area (Å²) in [7, 11) is 1.53. The molecule has 1 unspecified atom stereocenters. The second-order valence-corrected chi connectivity index (χ2v) is 8.62. The van der Waals surface area contributed by atoms with Crippen molar-refractivity contribution in [2.24, 2.45) is 5.73 Å². The number of nitrogens with zero attached hydrogens (tertiary/aromatic N) is 1. The van der Waals surface area contributed by atoms with Gasteiger partial charge in [-0.15, -0.1) is 0 Å². The molecule has 7 nitrogen and oxygen atoms in total. The van der Waals surface area contributed by atoms with Gasteiger partial charge >= 0.3 is 5.97 Å². The van der Waals surface area contributed by atoms with Crippen molar-refractivity contribution in [1.82, 2.24) is 0 Å². The first-order chi connectivity index (χ1) is 17.9. The normalized spacial score (nSPS) is 11.8. The first-order valence-corrected chi connectivity index (χ1v) is 11.8. The molecule has 0 aliphatic rings. The maximum atomic E-state index is 15.1. The number of carbonyl (C=O) groups is 1. The second-order valence-electron chi connectivity index (χ2n) is 8.62. The van der Waals surface area contributed by atoms with Crippen molar-refractivity contribution in [2.75, 3.05) is 13.7 Å². The fraction of sp³-hybridized carbons (Fsp3) is 0.241. The van der Waals surface area contributed by atoms with E-state index in [4.69, 9.17) is 24.4 Å². The van der Waals surface area contributed by atoms with Crippen LogP contribution in [0.15, 0.2) is 65.3 Å². The number of hydrogen-bond acceptors (Lipinski definition) is 7. The largest absolute Gasteiger partial charge is 0.489 e. The van der Waals surface area contributed by atoms with Gasteiger partial charge in [-0.25, -0.2) is 4.39 Å². The molecule has 0 saturated heterocycles. The molecule has 37 heavy (non-hydrogen) atoms. The van der Waals surface area contributed by atoms with Gasteiger partial charge in [-0.2, -0.15) is 5.26 Å². The SMILES string of the molecule is COCC(C)OC(=O)Cc1ccc(C#N)cc1OCc1cc(-c2cccc(CN)c2F)c2occc2c1. The second kappa shape index (κ2) is 11.7. The molecule has 0 amide bonds. The molecule has 0 radical (unpaired) electrons. The Balaban J connectivity index is 1.62. The molecule has 4 aromatic rings. The van der Waals surface area contributed by atoms with E-state index < -0.39 is 17.9 Å².